The predicted octanol–water partition coefficient (Wildman–Crippen LogP) is 5.74. The molecule has 0 aromatic carbocycles. The van der Waals surface area contributed by atoms with Crippen LogP contribution in [0.3, 0.4) is 0 Å². The summed E-state index contributed by atoms with van der Waals surface area (Å²) in [6.45, 7) is 11.4. The van der Waals surface area contributed by atoms with Gasteiger partial charge in [0.2, 0.25) is 0 Å². The third-order valence-corrected chi connectivity index (χ3v) is 6.05. The van der Waals surface area contributed by atoms with E-state index in [0.29, 0.717) is 17.9 Å². The first-order valence-corrected chi connectivity index (χ1v) is 10.5. The van der Waals surface area contributed by atoms with Crippen molar-refractivity contribution in [2.75, 3.05) is 0 Å². The smallest absolute Gasteiger partial charge is 0.108 e. The number of unbranched alkanes of at least 4 members (excludes halogenated alkanes) is 2. The molecule has 0 amide bonds. The summed E-state index contributed by atoms with van der Waals surface area (Å²) in [6.07, 6.45) is 12.7. The summed E-state index contributed by atoms with van der Waals surface area (Å²) in [6, 6.07) is 0.586. The fourth-order valence-electron chi connectivity index (χ4n) is 3.95. The van der Waals surface area contributed by atoms with Crippen molar-refractivity contribution in [2.45, 2.75) is 111 Å². The average molecular weight is 326 g/mol. The van der Waals surface area contributed by atoms with Crippen LogP contribution in [0.15, 0.2) is 0 Å². The molecule has 1 aliphatic carbocycles. The normalized spacial score (nSPS) is 23.5. The zero-order valence-corrected chi connectivity index (χ0v) is 16.5. The highest BCUT2D eigenvalue weighted by Crippen LogP contribution is 2.36. The quantitative estimate of drug-likeness (QED) is 0.315. The first kappa shape index (κ1) is 21.0. The van der Waals surface area contributed by atoms with Crippen LogP contribution >= 0.6 is 0 Å². The molecule has 23 heavy (non-hydrogen) atoms. The van der Waals surface area contributed by atoms with Gasteiger partial charge in [-0.2, -0.15) is 0 Å². The third-order valence-electron chi connectivity index (χ3n) is 6.05. The van der Waals surface area contributed by atoms with E-state index in [4.69, 9.17) is 0 Å². The van der Waals surface area contributed by atoms with Crippen LogP contribution in [0.4, 0.5) is 0 Å². The molecular weight excluding hydrogens is 282 g/mol. The highest BCUT2D eigenvalue weighted by Gasteiger charge is 2.38. The lowest BCUT2D eigenvalue weighted by molar-refractivity contribution is 0.0423. The van der Waals surface area contributed by atoms with E-state index < -0.39 is 0 Å². The predicted molar refractivity (Wildman–Crippen MR) is 101 cm³/mol. The zero-order valence-electron chi connectivity index (χ0n) is 16.5. The molecule has 1 aliphatic rings. The van der Waals surface area contributed by atoms with Crippen molar-refractivity contribution in [1.29, 1.82) is 0 Å². The Kier molecular flexibility index (Phi) is 10.5. The van der Waals surface area contributed by atoms with Crippen molar-refractivity contribution in [3.63, 3.8) is 0 Å². The molecule has 1 fully saturated rings. The Morgan fingerprint density at radius 1 is 1.00 bits per heavy atom. The largest absolute Gasteiger partial charge is 0.378 e. The van der Waals surface area contributed by atoms with Crippen LogP contribution < -0.4 is 5.32 Å². The minimum atomic E-state index is -0.306. The lowest BCUT2D eigenvalue weighted by atomic mass is 9.87. The van der Waals surface area contributed by atoms with E-state index in [1.54, 1.807) is 0 Å². The summed E-state index contributed by atoms with van der Waals surface area (Å²) in [4.78, 5) is 0. The van der Waals surface area contributed by atoms with Gasteiger partial charge in [0.25, 0.3) is 0 Å². The number of aliphatic hydroxyl groups excluding tert-OH is 1. The second-order valence-electron chi connectivity index (χ2n) is 8.23. The van der Waals surface area contributed by atoms with Gasteiger partial charge < -0.3 is 5.11 Å². The summed E-state index contributed by atoms with van der Waals surface area (Å²) in [7, 11) is 0. The van der Waals surface area contributed by atoms with E-state index in [-0.39, 0.29) is 6.23 Å². The van der Waals surface area contributed by atoms with E-state index in [0.717, 1.165) is 11.8 Å². The van der Waals surface area contributed by atoms with Gasteiger partial charge >= 0.3 is 0 Å². The van der Waals surface area contributed by atoms with E-state index in [1.807, 2.05) is 0 Å². The van der Waals surface area contributed by atoms with Gasteiger partial charge in [-0.25, -0.2) is 0 Å². The van der Waals surface area contributed by atoms with Crippen molar-refractivity contribution >= 4 is 0 Å². The van der Waals surface area contributed by atoms with Crippen molar-refractivity contribution in [2.24, 2.45) is 23.7 Å². The Morgan fingerprint density at radius 2 is 1.65 bits per heavy atom. The van der Waals surface area contributed by atoms with Crippen LogP contribution in [0.5, 0.6) is 0 Å². The summed E-state index contributed by atoms with van der Waals surface area (Å²) in [5, 5.41) is 14.1. The monoisotopic (exact) mass is 325 g/mol. The van der Waals surface area contributed by atoms with Crippen LogP contribution in [0.25, 0.3) is 0 Å². The number of hydrogen-bond donors (Lipinski definition) is 2. The molecule has 0 heterocycles. The van der Waals surface area contributed by atoms with Gasteiger partial charge in [-0.05, 0) is 37.0 Å². The Hall–Kier alpha value is -0.0800. The van der Waals surface area contributed by atoms with Gasteiger partial charge in [-0.15, -0.1) is 0 Å². The van der Waals surface area contributed by atoms with Gasteiger partial charge in [0.15, 0.2) is 0 Å². The molecule has 4 atom stereocenters. The fraction of sp³-hybridized carbons (Fsp3) is 1.00. The highest BCUT2D eigenvalue weighted by molar-refractivity contribution is 4.94. The van der Waals surface area contributed by atoms with Gasteiger partial charge in [-0.1, -0.05) is 79.6 Å². The molecule has 0 aliphatic heterocycles. The molecule has 138 valence electrons. The molecule has 0 saturated heterocycles. The maximum absolute atomic E-state index is 10.6. The lowest BCUT2D eigenvalue weighted by Crippen LogP contribution is -2.40. The minimum Gasteiger partial charge on any atom is -0.378 e. The Labute approximate surface area is 145 Å². The van der Waals surface area contributed by atoms with Crippen molar-refractivity contribution < 1.29 is 5.11 Å². The lowest BCUT2D eigenvalue weighted by Gasteiger charge is -2.27. The molecule has 0 radical (unpaired) electrons. The molecule has 2 N–H and O–H groups in total. The molecule has 0 bridgehead atoms. The SMILES string of the molecule is CCCCC1CC1NC(O)C(CCCCC(CC)CC)C(C)C. The van der Waals surface area contributed by atoms with Crippen molar-refractivity contribution in [3.8, 4) is 0 Å². The summed E-state index contributed by atoms with van der Waals surface area (Å²) >= 11 is 0. The zero-order chi connectivity index (χ0) is 17.2. The van der Waals surface area contributed by atoms with E-state index in [1.165, 1.54) is 64.2 Å². The first-order valence-electron chi connectivity index (χ1n) is 10.5. The Balaban J connectivity index is 2.25. The van der Waals surface area contributed by atoms with Crippen molar-refractivity contribution in [3.05, 3.63) is 0 Å². The van der Waals surface area contributed by atoms with E-state index in [2.05, 4.69) is 39.9 Å². The number of rotatable bonds is 14. The van der Waals surface area contributed by atoms with Crippen LogP contribution in [0, 0.1) is 23.7 Å². The maximum Gasteiger partial charge on any atom is 0.108 e. The molecule has 0 aromatic rings. The number of nitrogens with one attached hydrogen (secondary N) is 1. The fourth-order valence-corrected chi connectivity index (χ4v) is 3.95. The molecule has 0 aromatic heterocycles. The van der Waals surface area contributed by atoms with Gasteiger partial charge in [0.05, 0.1) is 0 Å². The van der Waals surface area contributed by atoms with Crippen LogP contribution in [0.2, 0.25) is 0 Å². The average Bonchev–Trinajstić information content (AvgIpc) is 3.26. The summed E-state index contributed by atoms with van der Waals surface area (Å²) in [5.74, 6) is 2.69. The number of aliphatic hydroxyl groups is 1. The first-order chi connectivity index (χ1) is 11.0. The van der Waals surface area contributed by atoms with Gasteiger partial charge in [-0.3, -0.25) is 5.32 Å². The molecule has 4 unspecified atom stereocenters. The molecule has 1 rings (SSSR count). The molecule has 1 saturated carbocycles. The molecule has 2 heteroatoms. The van der Waals surface area contributed by atoms with Crippen LogP contribution in [-0.2, 0) is 0 Å². The minimum absolute atomic E-state index is 0.306. The molecule has 2 nitrogen and oxygen atoms in total. The highest BCUT2D eigenvalue weighted by atomic mass is 16.3. The van der Waals surface area contributed by atoms with Gasteiger partial charge in [0, 0.05) is 12.0 Å². The molecule has 0 spiro atoms. The maximum atomic E-state index is 10.6. The summed E-state index contributed by atoms with van der Waals surface area (Å²) < 4.78 is 0. The second-order valence-corrected chi connectivity index (χ2v) is 8.23. The van der Waals surface area contributed by atoms with Crippen LogP contribution in [0.1, 0.15) is 98.8 Å². The second kappa shape index (κ2) is 11.5. The standard InChI is InChI=1S/C21H43NO/c1-6-9-13-18-15-20(18)22-21(23)19(16(4)5)14-11-10-12-17(7-2)8-3/h16-23H,6-15H2,1-5H3. The van der Waals surface area contributed by atoms with Gasteiger partial charge in [0.1, 0.15) is 6.23 Å². The van der Waals surface area contributed by atoms with E-state index >= 15 is 0 Å². The summed E-state index contributed by atoms with van der Waals surface area (Å²) in [5.41, 5.74) is 0. The third kappa shape index (κ3) is 8.03. The molecular formula is C21H43NO. The Bertz CT molecular complexity index is 288. The number of hydrogen-bond acceptors (Lipinski definition) is 2. The Morgan fingerprint density at radius 3 is 2.22 bits per heavy atom. The van der Waals surface area contributed by atoms with E-state index in [9.17, 15) is 5.11 Å². The van der Waals surface area contributed by atoms with Crippen LogP contribution in [-0.4, -0.2) is 17.4 Å². The van der Waals surface area contributed by atoms with Crippen molar-refractivity contribution in [1.82, 2.24) is 5.32 Å². The topological polar surface area (TPSA) is 32.3 Å².